The topological polar surface area (TPSA) is 103 Å². The maximum absolute atomic E-state index is 13.7. The summed E-state index contributed by atoms with van der Waals surface area (Å²) in [6.45, 7) is 1.94. The highest BCUT2D eigenvalue weighted by Gasteiger charge is 2.67. The molecule has 8 nitrogen and oxygen atoms in total. The number of esters is 1. The van der Waals surface area contributed by atoms with E-state index in [0.29, 0.717) is 62.6 Å². The molecule has 2 saturated carbocycles. The largest absolute Gasteiger partial charge is 0.489 e. The second-order valence-corrected chi connectivity index (χ2v) is 14.6. The van der Waals surface area contributed by atoms with Gasteiger partial charge in [0.15, 0.2) is 6.10 Å². The van der Waals surface area contributed by atoms with E-state index in [1.165, 1.54) is 11.8 Å². The summed E-state index contributed by atoms with van der Waals surface area (Å²) in [6, 6.07) is 30.3. The number of amides is 2. The lowest BCUT2D eigenvalue weighted by Crippen LogP contribution is -2.40. The molecule has 1 aliphatic heterocycles. The normalized spacial score (nSPS) is 24.4. The molecule has 1 saturated heterocycles. The van der Waals surface area contributed by atoms with E-state index >= 15 is 0 Å². The molecule has 0 spiro atoms. The number of anilines is 1. The number of nitrogens with zero attached hydrogens (tertiary/aromatic N) is 2. The molecule has 0 N–H and O–H groups in total. The van der Waals surface area contributed by atoms with Gasteiger partial charge in [-0.15, -0.1) is 0 Å². The average molecular weight is 709 g/mol. The van der Waals surface area contributed by atoms with Crippen LogP contribution < -0.4 is 9.64 Å². The van der Waals surface area contributed by atoms with Crippen molar-refractivity contribution < 1.29 is 28.7 Å². The Morgan fingerprint density at radius 2 is 1.52 bits per heavy atom. The molecule has 1 aromatic heterocycles. The first kappa shape index (κ1) is 32.3. The van der Waals surface area contributed by atoms with Crippen molar-refractivity contribution in [3.63, 3.8) is 0 Å². The fourth-order valence-electron chi connectivity index (χ4n) is 8.48. The number of rotatable bonds is 9. The van der Waals surface area contributed by atoms with Crippen LogP contribution in [0.3, 0.4) is 0 Å². The molecular formula is C43H33ClN2O6. The Balaban J connectivity index is 0.931. The van der Waals surface area contributed by atoms with Crippen molar-refractivity contribution in [2.24, 2.45) is 35.5 Å². The molecule has 2 bridgehead atoms. The number of carbonyl (C=O) groups is 4. The number of benzene rings is 4. The molecule has 3 fully saturated rings. The number of carbonyl (C=O) groups excluding carboxylic acids is 4. The fourth-order valence-corrected chi connectivity index (χ4v) is 8.65. The molecule has 52 heavy (non-hydrogen) atoms. The van der Waals surface area contributed by atoms with Gasteiger partial charge in [0.25, 0.3) is 0 Å². The molecule has 0 radical (unpaired) electrons. The van der Waals surface area contributed by atoms with Crippen molar-refractivity contribution in [1.82, 2.24) is 4.98 Å². The summed E-state index contributed by atoms with van der Waals surface area (Å²) in [5.74, 6) is 0.130. The van der Waals surface area contributed by atoms with Gasteiger partial charge in [-0.25, -0.2) is 9.78 Å². The van der Waals surface area contributed by atoms with Gasteiger partial charge in [-0.1, -0.05) is 66.2 Å². The summed E-state index contributed by atoms with van der Waals surface area (Å²) >= 11 is 6.33. The van der Waals surface area contributed by atoms with Crippen LogP contribution in [-0.4, -0.2) is 34.7 Å². The first-order valence-electron chi connectivity index (χ1n) is 17.5. The summed E-state index contributed by atoms with van der Waals surface area (Å²) in [7, 11) is 0. The average Bonchev–Trinajstić information content (AvgIpc) is 3.96. The Morgan fingerprint density at radius 1 is 0.846 bits per heavy atom. The van der Waals surface area contributed by atoms with Gasteiger partial charge in [-0.05, 0) is 103 Å². The van der Waals surface area contributed by atoms with Gasteiger partial charge in [0.05, 0.1) is 34.3 Å². The van der Waals surface area contributed by atoms with Gasteiger partial charge in [0, 0.05) is 21.5 Å². The van der Waals surface area contributed by atoms with Crippen LogP contribution in [0.25, 0.3) is 22.2 Å². The number of allylic oxidation sites excluding steroid dienone is 2. The van der Waals surface area contributed by atoms with Gasteiger partial charge < -0.3 is 9.47 Å². The molecule has 4 aliphatic carbocycles. The van der Waals surface area contributed by atoms with Crippen molar-refractivity contribution in [1.29, 1.82) is 0 Å². The second-order valence-electron chi connectivity index (χ2n) is 14.1. The van der Waals surface area contributed by atoms with Crippen LogP contribution in [0, 0.1) is 35.5 Å². The summed E-state index contributed by atoms with van der Waals surface area (Å²) in [4.78, 5) is 60.5. The third kappa shape index (κ3) is 5.49. The van der Waals surface area contributed by atoms with E-state index in [0.717, 1.165) is 12.0 Å². The van der Waals surface area contributed by atoms with E-state index in [4.69, 9.17) is 26.1 Å². The van der Waals surface area contributed by atoms with Gasteiger partial charge >= 0.3 is 5.97 Å². The zero-order valence-electron chi connectivity index (χ0n) is 28.1. The van der Waals surface area contributed by atoms with Crippen LogP contribution in [0.1, 0.15) is 39.6 Å². The Kier molecular flexibility index (Phi) is 7.81. The van der Waals surface area contributed by atoms with Gasteiger partial charge in [-0.2, -0.15) is 0 Å². The SMILES string of the molecule is CC(OC(=O)c1cc(-c2ccc(N3C(=O)C4C5C=CC(C6CC56)C4C3=O)cc2)nc2ccc(Cl)cc12)C(=O)c1ccc(OCc2ccccc2)cc1. The van der Waals surface area contributed by atoms with Crippen molar-refractivity contribution >= 4 is 51.8 Å². The number of aromatic nitrogens is 1. The van der Waals surface area contributed by atoms with E-state index in [2.05, 4.69) is 12.2 Å². The summed E-state index contributed by atoms with van der Waals surface area (Å²) in [6.07, 6.45) is 4.36. The number of hydrogen-bond acceptors (Lipinski definition) is 7. The Labute approximate surface area is 305 Å². The summed E-state index contributed by atoms with van der Waals surface area (Å²) < 4.78 is 11.6. The molecule has 10 rings (SSSR count). The smallest absolute Gasteiger partial charge is 0.339 e. The predicted octanol–water partition coefficient (Wildman–Crippen LogP) is 8.12. The molecule has 7 atom stereocenters. The Bertz CT molecular complexity index is 2270. The molecule has 258 valence electrons. The van der Waals surface area contributed by atoms with Gasteiger partial charge in [-0.3, -0.25) is 19.3 Å². The van der Waals surface area contributed by atoms with E-state index in [1.54, 1.807) is 72.8 Å². The number of ether oxygens (including phenoxy) is 2. The summed E-state index contributed by atoms with van der Waals surface area (Å²) in [5.41, 5.74) is 3.80. The van der Waals surface area contributed by atoms with Crippen molar-refractivity contribution in [2.45, 2.75) is 26.1 Å². The third-order valence-electron chi connectivity index (χ3n) is 11.1. The lowest BCUT2D eigenvalue weighted by molar-refractivity contribution is -0.124. The van der Waals surface area contributed by atoms with Crippen LogP contribution in [0.15, 0.2) is 115 Å². The number of fused-ring (bicyclic) bond motifs is 1. The monoisotopic (exact) mass is 708 g/mol. The quantitative estimate of drug-likeness (QED) is 0.0660. The lowest BCUT2D eigenvalue weighted by Gasteiger charge is -2.37. The van der Waals surface area contributed by atoms with Crippen LogP contribution in [0.5, 0.6) is 5.75 Å². The van der Waals surface area contributed by atoms with E-state index < -0.39 is 12.1 Å². The number of ketones is 1. The number of halogens is 1. The van der Waals surface area contributed by atoms with Crippen LogP contribution in [0.4, 0.5) is 5.69 Å². The molecule has 5 aromatic rings. The first-order valence-corrected chi connectivity index (χ1v) is 17.9. The highest BCUT2D eigenvalue weighted by atomic mass is 35.5. The minimum absolute atomic E-state index is 0.116. The molecule has 2 amide bonds. The minimum Gasteiger partial charge on any atom is -0.489 e. The molecule has 4 aromatic carbocycles. The van der Waals surface area contributed by atoms with Crippen LogP contribution in [-0.2, 0) is 20.9 Å². The zero-order valence-corrected chi connectivity index (χ0v) is 28.9. The summed E-state index contributed by atoms with van der Waals surface area (Å²) in [5, 5.41) is 0.898. The number of pyridine rings is 1. The molecule has 2 heterocycles. The minimum atomic E-state index is -1.08. The van der Waals surface area contributed by atoms with Crippen molar-refractivity contribution in [2.75, 3.05) is 4.90 Å². The molecule has 9 heteroatoms. The lowest BCUT2D eigenvalue weighted by atomic mass is 9.63. The van der Waals surface area contributed by atoms with E-state index in [1.807, 2.05) is 30.3 Å². The fraction of sp³-hybridized carbons (Fsp3) is 0.233. The highest BCUT2D eigenvalue weighted by Crippen LogP contribution is 2.65. The number of hydrogen-bond donors (Lipinski definition) is 0. The second kappa shape index (κ2) is 12.6. The standard InChI is InChI=1S/C43H33ClN2O6/c1-23(40(47)26-9-14-29(15-10-26)51-22-24-5-3-2-4-6-24)52-43(50)35-21-37(45-36-18-11-27(44)19-34(35)36)25-7-12-28(13-8-25)46-41(48)38-30-16-17-31(33-20-32(30)33)39(38)42(46)49/h2-19,21,23,30-33,38-39H,20,22H2,1H3. The van der Waals surface area contributed by atoms with E-state index in [9.17, 15) is 19.2 Å². The molecule has 5 aliphatic rings. The predicted molar refractivity (Wildman–Crippen MR) is 196 cm³/mol. The maximum atomic E-state index is 13.7. The zero-order chi connectivity index (χ0) is 35.7. The van der Waals surface area contributed by atoms with Crippen molar-refractivity contribution in [3.8, 4) is 17.0 Å². The number of Topliss-reactive ketones (excluding diaryl/α,β-unsaturated/α-hetero) is 1. The third-order valence-corrected chi connectivity index (χ3v) is 11.4. The highest BCUT2D eigenvalue weighted by molar-refractivity contribution is 6.31. The van der Waals surface area contributed by atoms with Gasteiger partial charge in [0.2, 0.25) is 17.6 Å². The molecular weight excluding hydrogens is 676 g/mol. The van der Waals surface area contributed by atoms with Crippen molar-refractivity contribution in [3.05, 3.63) is 137 Å². The Morgan fingerprint density at radius 3 is 2.19 bits per heavy atom. The van der Waals surface area contributed by atoms with Gasteiger partial charge in [0.1, 0.15) is 12.4 Å². The van der Waals surface area contributed by atoms with Crippen LogP contribution in [0.2, 0.25) is 5.02 Å². The molecule has 7 unspecified atom stereocenters. The number of imide groups is 1. The maximum Gasteiger partial charge on any atom is 0.339 e. The Hall–Kier alpha value is -5.60. The van der Waals surface area contributed by atoms with Crippen LogP contribution >= 0.6 is 11.6 Å². The first-order chi connectivity index (χ1) is 25.2. The van der Waals surface area contributed by atoms with E-state index in [-0.39, 0.29) is 46.8 Å².